The summed E-state index contributed by atoms with van der Waals surface area (Å²) in [5.41, 5.74) is 1.95. The van der Waals surface area contributed by atoms with Crippen LogP contribution in [-0.2, 0) is 9.84 Å². The molecule has 0 saturated carbocycles. The Morgan fingerprint density at radius 1 is 0.968 bits per heavy atom. The molecule has 0 aliphatic carbocycles. The predicted molar refractivity (Wildman–Crippen MR) is 112 cm³/mol. The lowest BCUT2D eigenvalue weighted by atomic mass is 10.1. The number of pyridine rings is 1. The molecule has 0 aliphatic rings. The van der Waals surface area contributed by atoms with Gasteiger partial charge in [0.15, 0.2) is 15.7 Å². The predicted octanol–water partition coefficient (Wildman–Crippen LogP) is 3.66. The maximum atomic E-state index is 12.8. The van der Waals surface area contributed by atoms with Crippen molar-refractivity contribution in [2.75, 3.05) is 11.6 Å². The van der Waals surface area contributed by atoms with Gasteiger partial charge in [-0.3, -0.25) is 15.1 Å². The SMILES string of the molecule is Cc1nc(-c2ccc(S(C)(=O)=O)cc2)c(C(=O)Nc2nc(-c3ccccn3)c(C)o2)o1. The lowest BCUT2D eigenvalue weighted by Crippen LogP contribution is -2.12. The standard InChI is InChI=1S/C21H18N4O5S/c1-12-17(16-6-4-5-11-22-16)24-21(29-12)25-20(26)19-18(23-13(2)30-19)14-7-9-15(10-8-14)31(3,27)28/h4-11H,1-3H3,(H,24,25,26). The normalized spacial score (nSPS) is 11.5. The van der Waals surface area contributed by atoms with E-state index in [1.165, 1.54) is 12.1 Å². The third kappa shape index (κ3) is 4.24. The van der Waals surface area contributed by atoms with E-state index in [0.717, 1.165) is 6.26 Å². The Morgan fingerprint density at radius 3 is 2.35 bits per heavy atom. The van der Waals surface area contributed by atoms with E-state index < -0.39 is 15.7 Å². The zero-order chi connectivity index (χ0) is 22.2. The summed E-state index contributed by atoms with van der Waals surface area (Å²) in [7, 11) is -3.34. The average molecular weight is 438 g/mol. The summed E-state index contributed by atoms with van der Waals surface area (Å²) in [6, 6.07) is 11.4. The van der Waals surface area contributed by atoms with Crippen molar-refractivity contribution in [2.24, 2.45) is 0 Å². The van der Waals surface area contributed by atoms with Crippen LogP contribution in [0.25, 0.3) is 22.6 Å². The van der Waals surface area contributed by atoms with Gasteiger partial charge in [0.05, 0.1) is 10.6 Å². The summed E-state index contributed by atoms with van der Waals surface area (Å²) in [6.07, 6.45) is 2.76. The minimum absolute atomic E-state index is 0.00409. The number of carbonyl (C=O) groups is 1. The maximum Gasteiger partial charge on any atom is 0.302 e. The number of sulfone groups is 1. The van der Waals surface area contributed by atoms with Crippen molar-refractivity contribution in [3.63, 3.8) is 0 Å². The molecule has 3 aromatic heterocycles. The fraction of sp³-hybridized carbons (Fsp3) is 0.143. The van der Waals surface area contributed by atoms with Crippen molar-refractivity contribution in [3.05, 3.63) is 66.1 Å². The van der Waals surface area contributed by atoms with Gasteiger partial charge in [0.2, 0.25) is 5.76 Å². The van der Waals surface area contributed by atoms with Crippen LogP contribution in [0.2, 0.25) is 0 Å². The van der Waals surface area contributed by atoms with E-state index in [1.807, 2.05) is 6.07 Å². The smallest absolute Gasteiger partial charge is 0.302 e. The molecule has 3 heterocycles. The minimum atomic E-state index is -3.34. The van der Waals surface area contributed by atoms with Crippen molar-refractivity contribution < 1.29 is 22.0 Å². The van der Waals surface area contributed by atoms with E-state index in [4.69, 9.17) is 8.83 Å². The first-order chi connectivity index (χ1) is 14.7. The highest BCUT2D eigenvalue weighted by Gasteiger charge is 2.23. The highest BCUT2D eigenvalue weighted by Crippen LogP contribution is 2.28. The van der Waals surface area contributed by atoms with Crippen molar-refractivity contribution >= 4 is 21.8 Å². The lowest BCUT2D eigenvalue weighted by Gasteiger charge is -2.03. The Balaban J connectivity index is 1.62. The average Bonchev–Trinajstić information content (AvgIpc) is 3.30. The molecule has 9 nitrogen and oxygen atoms in total. The number of amides is 1. The van der Waals surface area contributed by atoms with Gasteiger partial charge in [0, 0.05) is 24.9 Å². The molecule has 4 aromatic rings. The molecule has 0 bridgehead atoms. The van der Waals surface area contributed by atoms with Crippen molar-refractivity contribution in [3.8, 4) is 22.6 Å². The van der Waals surface area contributed by atoms with Gasteiger partial charge in [-0.25, -0.2) is 13.4 Å². The van der Waals surface area contributed by atoms with Gasteiger partial charge in [-0.15, -0.1) is 0 Å². The zero-order valence-corrected chi connectivity index (χ0v) is 17.7. The van der Waals surface area contributed by atoms with E-state index in [1.54, 1.807) is 44.3 Å². The molecule has 0 unspecified atom stereocenters. The third-order valence-corrected chi connectivity index (χ3v) is 5.55. The number of hydrogen-bond donors (Lipinski definition) is 1. The largest absolute Gasteiger partial charge is 0.435 e. The Morgan fingerprint density at radius 2 is 1.71 bits per heavy atom. The quantitative estimate of drug-likeness (QED) is 0.500. The van der Waals surface area contributed by atoms with E-state index in [2.05, 4.69) is 20.3 Å². The molecule has 1 N–H and O–H groups in total. The summed E-state index contributed by atoms with van der Waals surface area (Å²) < 4.78 is 34.4. The first kappa shape index (κ1) is 20.5. The fourth-order valence-corrected chi connectivity index (χ4v) is 3.61. The van der Waals surface area contributed by atoms with Crippen LogP contribution >= 0.6 is 0 Å². The number of aryl methyl sites for hydroxylation is 2. The second-order valence-corrected chi connectivity index (χ2v) is 8.82. The van der Waals surface area contributed by atoms with Crippen LogP contribution in [0.3, 0.4) is 0 Å². The van der Waals surface area contributed by atoms with Crippen LogP contribution in [0.1, 0.15) is 22.2 Å². The highest BCUT2D eigenvalue weighted by molar-refractivity contribution is 7.90. The molecule has 1 aromatic carbocycles. The Hall–Kier alpha value is -3.79. The molecule has 0 saturated heterocycles. The second-order valence-electron chi connectivity index (χ2n) is 6.80. The Labute approximate surface area is 178 Å². The van der Waals surface area contributed by atoms with E-state index >= 15 is 0 Å². The fourth-order valence-electron chi connectivity index (χ4n) is 2.98. The van der Waals surface area contributed by atoms with Crippen LogP contribution in [0.4, 0.5) is 6.01 Å². The molecular formula is C21H18N4O5S. The number of hydrogen-bond acceptors (Lipinski definition) is 8. The van der Waals surface area contributed by atoms with Crippen LogP contribution in [0.5, 0.6) is 0 Å². The van der Waals surface area contributed by atoms with Gasteiger partial charge >= 0.3 is 6.01 Å². The number of aromatic nitrogens is 3. The molecule has 0 fully saturated rings. The number of nitrogens with one attached hydrogen (secondary N) is 1. The molecule has 0 spiro atoms. The second kappa shape index (κ2) is 7.80. The zero-order valence-electron chi connectivity index (χ0n) is 16.9. The van der Waals surface area contributed by atoms with Crippen LogP contribution < -0.4 is 5.32 Å². The Kier molecular flexibility index (Phi) is 5.15. The van der Waals surface area contributed by atoms with Crippen LogP contribution in [0.15, 0.2) is 62.4 Å². The molecule has 0 aliphatic heterocycles. The van der Waals surface area contributed by atoms with E-state index in [0.29, 0.717) is 22.7 Å². The summed E-state index contributed by atoms with van der Waals surface area (Å²) >= 11 is 0. The van der Waals surface area contributed by atoms with E-state index in [-0.39, 0.29) is 28.3 Å². The molecular weight excluding hydrogens is 420 g/mol. The highest BCUT2D eigenvalue weighted by atomic mass is 32.2. The minimum Gasteiger partial charge on any atom is -0.435 e. The molecule has 158 valence electrons. The van der Waals surface area contributed by atoms with Gasteiger partial charge in [-0.05, 0) is 31.2 Å². The molecule has 4 rings (SSSR count). The Bertz CT molecular complexity index is 1360. The number of benzene rings is 1. The molecule has 0 atom stereocenters. The monoisotopic (exact) mass is 438 g/mol. The molecule has 10 heteroatoms. The number of oxazole rings is 2. The van der Waals surface area contributed by atoms with Gasteiger partial charge in [0.1, 0.15) is 17.1 Å². The summed E-state index contributed by atoms with van der Waals surface area (Å²) in [6.45, 7) is 3.33. The number of nitrogens with zero attached hydrogens (tertiary/aromatic N) is 3. The molecule has 0 radical (unpaired) electrons. The first-order valence-electron chi connectivity index (χ1n) is 9.20. The van der Waals surface area contributed by atoms with Crippen molar-refractivity contribution in [1.29, 1.82) is 0 Å². The van der Waals surface area contributed by atoms with Gasteiger partial charge in [-0.2, -0.15) is 4.98 Å². The number of carbonyl (C=O) groups excluding carboxylic acids is 1. The van der Waals surface area contributed by atoms with Crippen molar-refractivity contribution in [2.45, 2.75) is 18.7 Å². The summed E-state index contributed by atoms with van der Waals surface area (Å²) in [4.78, 5) is 25.8. The topological polar surface area (TPSA) is 128 Å². The number of anilines is 1. The summed E-state index contributed by atoms with van der Waals surface area (Å²) in [5.74, 6) is 0.140. The van der Waals surface area contributed by atoms with Gasteiger partial charge in [-0.1, -0.05) is 18.2 Å². The van der Waals surface area contributed by atoms with Crippen molar-refractivity contribution in [1.82, 2.24) is 15.0 Å². The third-order valence-electron chi connectivity index (χ3n) is 4.42. The lowest BCUT2D eigenvalue weighted by molar-refractivity contribution is 0.0993. The van der Waals surface area contributed by atoms with E-state index in [9.17, 15) is 13.2 Å². The molecule has 31 heavy (non-hydrogen) atoms. The molecule has 1 amide bonds. The maximum absolute atomic E-state index is 12.8. The van der Waals surface area contributed by atoms with Crippen LogP contribution in [-0.4, -0.2) is 35.5 Å². The van der Waals surface area contributed by atoms with Gasteiger partial charge in [0.25, 0.3) is 5.91 Å². The van der Waals surface area contributed by atoms with Crippen LogP contribution in [0, 0.1) is 13.8 Å². The summed E-state index contributed by atoms with van der Waals surface area (Å²) in [5, 5.41) is 2.57. The first-order valence-corrected chi connectivity index (χ1v) is 11.1. The van der Waals surface area contributed by atoms with Gasteiger partial charge < -0.3 is 8.83 Å². The number of rotatable bonds is 5.